The van der Waals surface area contributed by atoms with Crippen LogP contribution in [0.1, 0.15) is 6.42 Å². The molecule has 16 heavy (non-hydrogen) atoms. The highest BCUT2D eigenvalue weighted by atomic mass is 16.5. The summed E-state index contributed by atoms with van der Waals surface area (Å²) in [7, 11) is 0. The van der Waals surface area contributed by atoms with Crippen LogP contribution < -0.4 is 15.8 Å². The van der Waals surface area contributed by atoms with Gasteiger partial charge in [-0.25, -0.2) is 0 Å². The van der Waals surface area contributed by atoms with Crippen molar-refractivity contribution in [1.82, 2.24) is 5.32 Å². The normalized spacial score (nSPS) is 9.19. The number of hydrogen-bond donors (Lipinski definition) is 2. The predicted octanol–water partition coefficient (Wildman–Crippen LogP) is 0.787. The fourth-order valence-electron chi connectivity index (χ4n) is 1.10. The van der Waals surface area contributed by atoms with E-state index in [1.54, 1.807) is 24.3 Å². The lowest BCUT2D eigenvalue weighted by Gasteiger charge is -2.06. The van der Waals surface area contributed by atoms with Gasteiger partial charge in [-0.2, -0.15) is 0 Å². The summed E-state index contributed by atoms with van der Waals surface area (Å²) in [5.74, 6) is 2.86. The van der Waals surface area contributed by atoms with Crippen LogP contribution in [0.4, 0.5) is 5.69 Å². The van der Waals surface area contributed by atoms with E-state index in [2.05, 4.69) is 11.2 Å². The number of ether oxygens (including phenoxy) is 1. The van der Waals surface area contributed by atoms with Gasteiger partial charge in [0.25, 0.3) is 0 Å². The average Bonchev–Trinajstić information content (AvgIpc) is 2.26. The summed E-state index contributed by atoms with van der Waals surface area (Å²) < 4.78 is 5.34. The van der Waals surface area contributed by atoms with Crippen LogP contribution in [0.3, 0.4) is 0 Å². The molecule has 0 fully saturated rings. The van der Waals surface area contributed by atoms with E-state index in [0.29, 0.717) is 18.0 Å². The van der Waals surface area contributed by atoms with Crippen LogP contribution in [0.15, 0.2) is 24.3 Å². The van der Waals surface area contributed by atoms with Gasteiger partial charge >= 0.3 is 0 Å². The Bertz CT molecular complexity index is 396. The van der Waals surface area contributed by atoms with Crippen molar-refractivity contribution < 1.29 is 9.53 Å². The molecule has 0 aromatic heterocycles. The van der Waals surface area contributed by atoms with Gasteiger partial charge in [-0.15, -0.1) is 6.42 Å². The molecule has 3 N–H and O–H groups in total. The number of carbonyl (C=O) groups is 1. The Labute approximate surface area is 94.8 Å². The number of carbonyl (C=O) groups excluding carboxylic acids is 1. The number of nitrogens with two attached hydrogens (primary N) is 1. The van der Waals surface area contributed by atoms with Crippen molar-refractivity contribution >= 4 is 11.6 Å². The van der Waals surface area contributed by atoms with E-state index in [4.69, 9.17) is 16.9 Å². The molecule has 0 unspecified atom stereocenters. The molecule has 84 valence electrons. The molecule has 0 saturated heterocycles. The van der Waals surface area contributed by atoms with E-state index in [-0.39, 0.29) is 18.9 Å². The lowest BCUT2D eigenvalue weighted by atomic mass is 10.3. The van der Waals surface area contributed by atoms with Crippen LogP contribution in [0.25, 0.3) is 0 Å². The average molecular weight is 218 g/mol. The van der Waals surface area contributed by atoms with E-state index in [0.717, 1.165) is 0 Å². The summed E-state index contributed by atoms with van der Waals surface area (Å²) in [6, 6.07) is 7.06. The van der Waals surface area contributed by atoms with Gasteiger partial charge in [0.2, 0.25) is 5.91 Å². The van der Waals surface area contributed by atoms with Crippen LogP contribution in [-0.4, -0.2) is 19.1 Å². The number of nitrogen functional groups attached to an aromatic ring is 1. The van der Waals surface area contributed by atoms with Gasteiger partial charge < -0.3 is 15.8 Å². The Morgan fingerprint density at radius 2 is 2.38 bits per heavy atom. The standard InChI is InChI=1S/C12H14N2O2/c1-2-7-14-12(15)6-8-16-11-5-3-4-10(13)9-11/h1,3-5,9H,6-8,13H2,(H,14,15). The highest BCUT2D eigenvalue weighted by molar-refractivity contribution is 5.76. The van der Waals surface area contributed by atoms with E-state index in [1.165, 1.54) is 0 Å². The molecule has 0 aliphatic carbocycles. The van der Waals surface area contributed by atoms with Gasteiger partial charge in [-0.3, -0.25) is 4.79 Å². The Morgan fingerprint density at radius 3 is 3.06 bits per heavy atom. The molecule has 1 amide bonds. The third kappa shape index (κ3) is 4.38. The number of amides is 1. The fourth-order valence-corrected chi connectivity index (χ4v) is 1.10. The smallest absolute Gasteiger partial charge is 0.224 e. The zero-order chi connectivity index (χ0) is 11.8. The molecular weight excluding hydrogens is 204 g/mol. The van der Waals surface area contributed by atoms with E-state index in [9.17, 15) is 4.79 Å². The number of nitrogens with one attached hydrogen (secondary N) is 1. The summed E-state index contributed by atoms with van der Waals surface area (Å²) in [6.45, 7) is 0.553. The fraction of sp³-hybridized carbons (Fsp3) is 0.250. The number of anilines is 1. The zero-order valence-electron chi connectivity index (χ0n) is 8.90. The highest BCUT2D eigenvalue weighted by Gasteiger charge is 2.00. The molecular formula is C12H14N2O2. The SMILES string of the molecule is C#CCNC(=O)CCOc1cccc(N)c1. The molecule has 0 bridgehead atoms. The minimum atomic E-state index is -0.123. The summed E-state index contributed by atoms with van der Waals surface area (Å²) in [4.78, 5) is 11.1. The summed E-state index contributed by atoms with van der Waals surface area (Å²) in [5, 5.41) is 2.55. The molecule has 4 heteroatoms. The van der Waals surface area contributed by atoms with Gasteiger partial charge in [-0.05, 0) is 12.1 Å². The molecule has 0 spiro atoms. The maximum Gasteiger partial charge on any atom is 0.224 e. The molecule has 0 atom stereocenters. The maximum atomic E-state index is 11.1. The number of terminal acetylenes is 1. The summed E-state index contributed by atoms with van der Waals surface area (Å²) in [6.07, 6.45) is 5.28. The molecule has 4 nitrogen and oxygen atoms in total. The van der Waals surface area contributed by atoms with Crippen molar-refractivity contribution in [3.8, 4) is 18.1 Å². The monoisotopic (exact) mass is 218 g/mol. The van der Waals surface area contributed by atoms with Crippen molar-refractivity contribution in [1.29, 1.82) is 0 Å². The van der Waals surface area contributed by atoms with Gasteiger partial charge in [0.15, 0.2) is 0 Å². The van der Waals surface area contributed by atoms with Crippen molar-refractivity contribution in [2.75, 3.05) is 18.9 Å². The van der Waals surface area contributed by atoms with Crippen LogP contribution in [-0.2, 0) is 4.79 Å². The number of benzene rings is 1. The van der Waals surface area contributed by atoms with Crippen molar-refractivity contribution in [2.45, 2.75) is 6.42 Å². The molecule has 0 aliphatic heterocycles. The first kappa shape index (κ1) is 11.9. The lowest BCUT2D eigenvalue weighted by Crippen LogP contribution is -2.25. The second kappa shape index (κ2) is 6.36. The number of rotatable bonds is 5. The van der Waals surface area contributed by atoms with E-state index < -0.39 is 0 Å². The van der Waals surface area contributed by atoms with E-state index in [1.807, 2.05) is 0 Å². The van der Waals surface area contributed by atoms with Crippen LogP contribution in [0.5, 0.6) is 5.75 Å². The van der Waals surface area contributed by atoms with Gasteiger partial charge in [-0.1, -0.05) is 12.0 Å². The minimum Gasteiger partial charge on any atom is -0.493 e. The first-order valence-corrected chi connectivity index (χ1v) is 4.91. The molecule has 1 rings (SSSR count). The lowest BCUT2D eigenvalue weighted by molar-refractivity contribution is -0.121. The second-order valence-electron chi connectivity index (χ2n) is 3.15. The Balaban J connectivity index is 2.26. The Hall–Kier alpha value is -2.15. The largest absolute Gasteiger partial charge is 0.493 e. The van der Waals surface area contributed by atoms with Crippen LogP contribution in [0, 0.1) is 12.3 Å². The first-order chi connectivity index (χ1) is 7.72. The molecule has 1 aromatic carbocycles. The van der Waals surface area contributed by atoms with Gasteiger partial charge in [0.1, 0.15) is 5.75 Å². The quantitative estimate of drug-likeness (QED) is 0.567. The van der Waals surface area contributed by atoms with Crippen molar-refractivity contribution in [2.24, 2.45) is 0 Å². The highest BCUT2D eigenvalue weighted by Crippen LogP contribution is 2.14. The topological polar surface area (TPSA) is 64.3 Å². The Morgan fingerprint density at radius 1 is 1.56 bits per heavy atom. The predicted molar refractivity (Wildman–Crippen MR) is 62.8 cm³/mol. The zero-order valence-corrected chi connectivity index (χ0v) is 8.90. The molecule has 1 aromatic rings. The molecule has 0 heterocycles. The second-order valence-corrected chi connectivity index (χ2v) is 3.15. The molecule has 0 radical (unpaired) electrons. The molecule has 0 saturated carbocycles. The third-order valence-corrected chi connectivity index (χ3v) is 1.84. The number of hydrogen-bond acceptors (Lipinski definition) is 3. The van der Waals surface area contributed by atoms with E-state index >= 15 is 0 Å². The van der Waals surface area contributed by atoms with Crippen LogP contribution >= 0.6 is 0 Å². The van der Waals surface area contributed by atoms with Gasteiger partial charge in [0.05, 0.1) is 19.6 Å². The van der Waals surface area contributed by atoms with Crippen molar-refractivity contribution in [3.05, 3.63) is 24.3 Å². The first-order valence-electron chi connectivity index (χ1n) is 4.91. The maximum absolute atomic E-state index is 11.1. The third-order valence-electron chi connectivity index (χ3n) is 1.84. The van der Waals surface area contributed by atoms with Crippen LogP contribution in [0.2, 0.25) is 0 Å². The summed E-state index contributed by atoms with van der Waals surface area (Å²) in [5.41, 5.74) is 6.21. The van der Waals surface area contributed by atoms with Crippen molar-refractivity contribution in [3.63, 3.8) is 0 Å². The van der Waals surface area contributed by atoms with Gasteiger partial charge in [0, 0.05) is 11.8 Å². The Kier molecular flexibility index (Phi) is 4.74. The minimum absolute atomic E-state index is 0.123. The molecule has 0 aliphatic rings. The summed E-state index contributed by atoms with van der Waals surface area (Å²) >= 11 is 0.